The van der Waals surface area contributed by atoms with Crippen molar-refractivity contribution in [3.63, 3.8) is 0 Å². The van der Waals surface area contributed by atoms with Crippen molar-refractivity contribution in [2.45, 2.75) is 71.3 Å². The Morgan fingerprint density at radius 1 is 1.31 bits per heavy atom. The number of H-pyrrole nitrogens is 1. The fourth-order valence-electron chi connectivity index (χ4n) is 4.21. The van der Waals surface area contributed by atoms with E-state index in [-0.39, 0.29) is 30.2 Å². The molecule has 0 radical (unpaired) electrons. The third kappa shape index (κ3) is 3.69. The standard InChI is InChI=1S/C20H28F2N2O2/c1-19(2,3)13-5-6-16-12(9-13)10-15(17(25)23-16)18(26)24(4)14-7-8-20(21,22)11-14/h10,13-14H,5-9,11H2,1-4H3,(H,23,25). The first kappa shape index (κ1) is 19.1. The maximum absolute atomic E-state index is 13.5. The smallest absolute Gasteiger partial charge is 0.261 e. The zero-order valence-corrected chi connectivity index (χ0v) is 16.0. The Morgan fingerprint density at radius 3 is 2.58 bits per heavy atom. The number of carbonyl (C=O) groups is 1. The summed E-state index contributed by atoms with van der Waals surface area (Å²) in [6.45, 7) is 6.61. The molecule has 2 unspecified atom stereocenters. The van der Waals surface area contributed by atoms with Crippen LogP contribution in [-0.4, -0.2) is 34.8 Å². The summed E-state index contributed by atoms with van der Waals surface area (Å²) in [5.74, 6) is -2.70. The fraction of sp³-hybridized carbons (Fsp3) is 0.700. The van der Waals surface area contributed by atoms with Crippen LogP contribution in [0.2, 0.25) is 0 Å². The van der Waals surface area contributed by atoms with Crippen LogP contribution < -0.4 is 5.56 Å². The Bertz CT molecular complexity index is 764. The van der Waals surface area contributed by atoms with E-state index in [0.29, 0.717) is 5.92 Å². The summed E-state index contributed by atoms with van der Waals surface area (Å²) >= 11 is 0. The number of alkyl halides is 2. The maximum atomic E-state index is 13.5. The van der Waals surface area contributed by atoms with Gasteiger partial charge in [-0.25, -0.2) is 8.78 Å². The molecular weight excluding hydrogens is 338 g/mol. The summed E-state index contributed by atoms with van der Waals surface area (Å²) in [7, 11) is 1.52. The minimum Gasteiger partial charge on any atom is -0.338 e. The Balaban J connectivity index is 1.85. The van der Waals surface area contributed by atoms with Crippen molar-refractivity contribution in [2.75, 3.05) is 7.05 Å². The number of pyridine rings is 1. The molecule has 2 aliphatic rings. The second kappa shape index (κ2) is 6.46. The van der Waals surface area contributed by atoms with Gasteiger partial charge in [0.2, 0.25) is 5.92 Å². The Hall–Kier alpha value is -1.72. The van der Waals surface area contributed by atoms with Gasteiger partial charge in [0, 0.05) is 31.6 Å². The molecule has 1 aromatic heterocycles. The van der Waals surface area contributed by atoms with E-state index >= 15 is 0 Å². The molecule has 0 saturated heterocycles. The minimum atomic E-state index is -2.72. The van der Waals surface area contributed by atoms with Crippen LogP contribution in [0.5, 0.6) is 0 Å². The number of aromatic amines is 1. The summed E-state index contributed by atoms with van der Waals surface area (Å²) in [5, 5.41) is 0. The van der Waals surface area contributed by atoms with Crippen LogP contribution in [0.25, 0.3) is 0 Å². The molecule has 2 aliphatic carbocycles. The molecular formula is C20H28F2N2O2. The van der Waals surface area contributed by atoms with Gasteiger partial charge in [-0.3, -0.25) is 9.59 Å². The molecule has 3 rings (SSSR count). The summed E-state index contributed by atoms with van der Waals surface area (Å²) in [6, 6.07) is 1.17. The number of nitrogens with zero attached hydrogens (tertiary/aromatic N) is 1. The third-order valence-corrected chi connectivity index (χ3v) is 6.13. The molecule has 0 bridgehead atoms. The summed E-state index contributed by atoms with van der Waals surface area (Å²) in [5.41, 5.74) is 1.71. The highest BCUT2D eigenvalue weighted by atomic mass is 19.3. The molecule has 144 valence electrons. The molecule has 0 aromatic carbocycles. The number of nitrogens with one attached hydrogen (secondary N) is 1. The van der Waals surface area contributed by atoms with Gasteiger partial charge < -0.3 is 9.88 Å². The Morgan fingerprint density at radius 2 is 2.00 bits per heavy atom. The zero-order valence-electron chi connectivity index (χ0n) is 16.0. The van der Waals surface area contributed by atoms with E-state index in [2.05, 4.69) is 25.8 Å². The lowest BCUT2D eigenvalue weighted by atomic mass is 9.71. The molecule has 26 heavy (non-hydrogen) atoms. The molecule has 4 nitrogen and oxygen atoms in total. The van der Waals surface area contributed by atoms with E-state index in [1.807, 2.05) is 0 Å². The molecule has 0 aliphatic heterocycles. The van der Waals surface area contributed by atoms with Gasteiger partial charge in [0.1, 0.15) is 5.56 Å². The number of aryl methyl sites for hydroxylation is 1. The molecule has 0 spiro atoms. The van der Waals surface area contributed by atoms with Crippen molar-refractivity contribution in [2.24, 2.45) is 11.3 Å². The van der Waals surface area contributed by atoms with Crippen LogP contribution in [0.4, 0.5) is 8.78 Å². The highest BCUT2D eigenvalue weighted by molar-refractivity contribution is 5.94. The van der Waals surface area contributed by atoms with Crippen molar-refractivity contribution in [1.29, 1.82) is 0 Å². The number of amides is 1. The van der Waals surface area contributed by atoms with E-state index in [1.165, 1.54) is 11.9 Å². The van der Waals surface area contributed by atoms with Crippen LogP contribution >= 0.6 is 0 Å². The minimum absolute atomic E-state index is 0.0658. The van der Waals surface area contributed by atoms with Crippen molar-refractivity contribution >= 4 is 5.91 Å². The Labute approximate surface area is 153 Å². The lowest BCUT2D eigenvalue weighted by Crippen LogP contribution is -2.39. The first-order valence-corrected chi connectivity index (χ1v) is 9.38. The quantitative estimate of drug-likeness (QED) is 0.866. The van der Waals surface area contributed by atoms with Crippen molar-refractivity contribution < 1.29 is 13.6 Å². The van der Waals surface area contributed by atoms with Gasteiger partial charge in [-0.15, -0.1) is 0 Å². The van der Waals surface area contributed by atoms with Gasteiger partial charge >= 0.3 is 0 Å². The molecule has 1 N–H and O–H groups in total. The number of halogens is 2. The first-order chi connectivity index (χ1) is 12.0. The van der Waals surface area contributed by atoms with Gasteiger partial charge in [-0.2, -0.15) is 0 Å². The van der Waals surface area contributed by atoms with Gasteiger partial charge in [0.05, 0.1) is 0 Å². The van der Waals surface area contributed by atoms with Gasteiger partial charge in [-0.1, -0.05) is 20.8 Å². The second-order valence-corrected chi connectivity index (χ2v) is 8.99. The van der Waals surface area contributed by atoms with Crippen LogP contribution in [0.3, 0.4) is 0 Å². The predicted octanol–water partition coefficient (Wildman–Crippen LogP) is 3.79. The van der Waals surface area contributed by atoms with Gasteiger partial charge in [0.15, 0.2) is 0 Å². The number of aromatic nitrogens is 1. The predicted molar refractivity (Wildman–Crippen MR) is 96.7 cm³/mol. The fourth-order valence-corrected chi connectivity index (χ4v) is 4.21. The van der Waals surface area contributed by atoms with Crippen molar-refractivity contribution in [1.82, 2.24) is 9.88 Å². The lowest BCUT2D eigenvalue weighted by Gasteiger charge is -2.35. The molecule has 6 heteroatoms. The average Bonchev–Trinajstić information content (AvgIpc) is 2.91. The first-order valence-electron chi connectivity index (χ1n) is 9.38. The van der Waals surface area contributed by atoms with Gasteiger partial charge in [0.25, 0.3) is 11.5 Å². The van der Waals surface area contributed by atoms with Crippen molar-refractivity contribution in [3.05, 3.63) is 33.2 Å². The van der Waals surface area contributed by atoms with E-state index in [0.717, 1.165) is 30.5 Å². The van der Waals surface area contributed by atoms with Crippen LogP contribution in [0.15, 0.2) is 10.9 Å². The number of hydrogen-bond donors (Lipinski definition) is 1. The molecule has 1 saturated carbocycles. The lowest BCUT2D eigenvalue weighted by molar-refractivity contribution is 0.00270. The monoisotopic (exact) mass is 366 g/mol. The molecule has 1 amide bonds. The SMILES string of the molecule is CN(C(=O)c1cc2c([nH]c1=O)CCC(C(C)(C)C)C2)C1CCC(F)(F)C1. The van der Waals surface area contributed by atoms with E-state index in [4.69, 9.17) is 0 Å². The Kier molecular flexibility index (Phi) is 4.74. The van der Waals surface area contributed by atoms with Crippen LogP contribution in [0, 0.1) is 11.3 Å². The summed E-state index contributed by atoms with van der Waals surface area (Å²) in [4.78, 5) is 29.4. The number of hydrogen-bond acceptors (Lipinski definition) is 2. The van der Waals surface area contributed by atoms with Crippen molar-refractivity contribution in [3.8, 4) is 0 Å². The highest BCUT2D eigenvalue weighted by Crippen LogP contribution is 2.38. The van der Waals surface area contributed by atoms with Crippen LogP contribution in [0.1, 0.15) is 68.1 Å². The molecule has 1 aromatic rings. The number of fused-ring (bicyclic) bond motifs is 1. The highest BCUT2D eigenvalue weighted by Gasteiger charge is 2.42. The van der Waals surface area contributed by atoms with Gasteiger partial charge in [-0.05, 0) is 48.6 Å². The van der Waals surface area contributed by atoms with E-state index in [9.17, 15) is 18.4 Å². The second-order valence-electron chi connectivity index (χ2n) is 8.99. The summed E-state index contributed by atoms with van der Waals surface area (Å²) in [6.07, 6.45) is 2.36. The number of carbonyl (C=O) groups excluding carboxylic acids is 1. The normalized spacial score (nSPS) is 25.0. The molecule has 1 fully saturated rings. The third-order valence-electron chi connectivity index (χ3n) is 6.13. The summed E-state index contributed by atoms with van der Waals surface area (Å²) < 4.78 is 26.9. The molecule has 2 atom stereocenters. The van der Waals surface area contributed by atoms with Crippen LogP contribution in [-0.2, 0) is 12.8 Å². The van der Waals surface area contributed by atoms with E-state index in [1.54, 1.807) is 6.07 Å². The zero-order chi connectivity index (χ0) is 19.3. The topological polar surface area (TPSA) is 53.2 Å². The maximum Gasteiger partial charge on any atom is 0.261 e. The largest absolute Gasteiger partial charge is 0.338 e. The van der Waals surface area contributed by atoms with E-state index < -0.39 is 23.4 Å². The number of rotatable bonds is 2. The molecule has 1 heterocycles. The average molecular weight is 366 g/mol.